The van der Waals surface area contributed by atoms with Crippen LogP contribution in [-0.4, -0.2) is 39.0 Å². The smallest absolute Gasteiger partial charge is 0.324 e. The molecule has 0 heterocycles. The fourth-order valence-corrected chi connectivity index (χ4v) is 2.90. The molecule has 0 aliphatic rings. The molecule has 30 heavy (non-hydrogen) atoms. The lowest BCUT2D eigenvalue weighted by Gasteiger charge is -2.24. The highest BCUT2D eigenvalue weighted by Crippen LogP contribution is 2.16. The molecule has 7 heteroatoms. The molecule has 7 nitrogen and oxygen atoms in total. The molecule has 0 aliphatic carbocycles. The summed E-state index contributed by atoms with van der Waals surface area (Å²) in [5.41, 5.74) is 11.0. The summed E-state index contributed by atoms with van der Waals surface area (Å²) in [6.45, 7) is 3.51. The largest absolute Gasteiger partial charge is 0.481 e. The van der Waals surface area contributed by atoms with E-state index in [2.05, 4.69) is 0 Å². The molecule has 0 aliphatic heterocycles. The number of carboxylic acids is 2. The van der Waals surface area contributed by atoms with Gasteiger partial charge in [-0.2, -0.15) is 0 Å². The third-order valence-electron chi connectivity index (χ3n) is 4.95. The van der Waals surface area contributed by atoms with Crippen LogP contribution in [0.1, 0.15) is 37.8 Å². The zero-order chi connectivity index (χ0) is 22.8. The Morgan fingerprint density at radius 3 is 1.50 bits per heavy atom. The molecule has 0 saturated heterocycles. The number of nitrogens with two attached hydrogens (primary N) is 2. The van der Waals surface area contributed by atoms with Gasteiger partial charge in [0.05, 0.1) is 12.0 Å². The summed E-state index contributed by atoms with van der Waals surface area (Å²) in [6.07, 6.45) is 0.698. The zero-order valence-corrected chi connectivity index (χ0v) is 17.4. The second-order valence-electron chi connectivity index (χ2n) is 7.42. The van der Waals surface area contributed by atoms with Gasteiger partial charge in [0.25, 0.3) is 0 Å². The Morgan fingerprint density at radius 2 is 1.20 bits per heavy atom. The molecule has 0 fully saturated rings. The van der Waals surface area contributed by atoms with Gasteiger partial charge in [0.15, 0.2) is 0 Å². The zero-order valence-electron chi connectivity index (χ0n) is 17.4. The van der Waals surface area contributed by atoms with E-state index in [0.717, 1.165) is 5.56 Å². The molecule has 0 bridgehead atoms. The Kier molecular flexibility index (Phi) is 9.36. The molecule has 6 N–H and O–H groups in total. The topological polar surface area (TPSA) is 144 Å². The third kappa shape index (κ3) is 7.77. The molecule has 2 aromatic rings. The van der Waals surface area contributed by atoms with Gasteiger partial charge in [0.1, 0.15) is 11.3 Å². The number of aliphatic carboxylic acids is 2. The van der Waals surface area contributed by atoms with Crippen LogP contribution in [-0.2, 0) is 27.2 Å². The molecular weight excluding hydrogens is 384 g/mol. The van der Waals surface area contributed by atoms with E-state index in [9.17, 15) is 14.4 Å². The van der Waals surface area contributed by atoms with E-state index in [1.165, 1.54) is 0 Å². The molecule has 162 valence electrons. The van der Waals surface area contributed by atoms with Crippen molar-refractivity contribution in [3.05, 3.63) is 71.8 Å². The highest BCUT2D eigenvalue weighted by molar-refractivity contribution is 5.86. The van der Waals surface area contributed by atoms with Gasteiger partial charge in [-0.25, -0.2) is 0 Å². The minimum atomic E-state index is -1.76. The number of carbonyl (C=O) groups excluding carboxylic acids is 1. The first kappa shape index (κ1) is 25.0. The quantitative estimate of drug-likeness (QED) is 0.493. The maximum Gasteiger partial charge on any atom is 0.324 e. The lowest BCUT2D eigenvalue weighted by atomic mass is 9.86. The van der Waals surface area contributed by atoms with Crippen LogP contribution in [0.25, 0.3) is 0 Å². The molecule has 0 radical (unpaired) electrons. The van der Waals surface area contributed by atoms with Crippen LogP contribution in [0.3, 0.4) is 0 Å². The van der Waals surface area contributed by atoms with Crippen LogP contribution in [0.15, 0.2) is 60.7 Å². The second kappa shape index (κ2) is 11.2. The summed E-state index contributed by atoms with van der Waals surface area (Å²) in [5, 5.41) is 17.6. The molecule has 0 saturated carbocycles. The standard InChI is InChI=1S/C12H17NO.C11H13NO4/c1-3-12(13,10(2)14)9-11-7-5-4-6-8-11;12-11(10(15)16,7-9(13)14)6-8-4-2-1-3-5-8/h4-8H,3,9,13H2,1-2H3;1-5H,6-7,12H2,(H,13,14)(H,15,16)/t12-;11-/m01/s1. The number of rotatable bonds is 9. The fourth-order valence-electron chi connectivity index (χ4n) is 2.90. The average molecular weight is 415 g/mol. The van der Waals surface area contributed by atoms with E-state index in [0.29, 0.717) is 18.4 Å². The van der Waals surface area contributed by atoms with Crippen molar-refractivity contribution in [3.63, 3.8) is 0 Å². The van der Waals surface area contributed by atoms with Crippen LogP contribution in [0, 0.1) is 0 Å². The second-order valence-corrected chi connectivity index (χ2v) is 7.42. The number of benzene rings is 2. The van der Waals surface area contributed by atoms with Crippen LogP contribution in [0.2, 0.25) is 0 Å². The highest BCUT2D eigenvalue weighted by atomic mass is 16.4. The number of hydrogen-bond acceptors (Lipinski definition) is 5. The van der Waals surface area contributed by atoms with E-state index in [4.69, 9.17) is 21.7 Å². The van der Waals surface area contributed by atoms with Gasteiger partial charge in [-0.15, -0.1) is 0 Å². The minimum absolute atomic E-state index is 0.00449. The number of hydrogen-bond donors (Lipinski definition) is 4. The number of carbonyl (C=O) groups is 3. The number of ketones is 1. The predicted molar refractivity (Wildman–Crippen MR) is 115 cm³/mol. The lowest BCUT2D eigenvalue weighted by Crippen LogP contribution is -2.51. The first-order valence-electron chi connectivity index (χ1n) is 9.64. The first-order chi connectivity index (χ1) is 14.0. The van der Waals surface area contributed by atoms with Crippen molar-refractivity contribution in [2.75, 3.05) is 0 Å². The SMILES string of the molecule is CC[C@](N)(Cc1ccccc1)C(C)=O.N[C@@](CC(=O)O)(Cc1ccccc1)C(=O)O. The van der Waals surface area contributed by atoms with Gasteiger partial charge in [-0.3, -0.25) is 14.4 Å². The Balaban J connectivity index is 0.000000303. The van der Waals surface area contributed by atoms with Gasteiger partial charge in [0, 0.05) is 6.42 Å². The van der Waals surface area contributed by atoms with Crippen molar-refractivity contribution >= 4 is 17.7 Å². The molecule has 0 spiro atoms. The Morgan fingerprint density at radius 1 is 0.800 bits per heavy atom. The van der Waals surface area contributed by atoms with Crippen molar-refractivity contribution < 1.29 is 24.6 Å². The van der Waals surface area contributed by atoms with Crippen molar-refractivity contribution in [2.45, 2.75) is 50.6 Å². The number of Topliss-reactive ketones (excluding diaryl/α,β-unsaturated/α-hetero) is 1. The summed E-state index contributed by atoms with van der Waals surface area (Å²) < 4.78 is 0. The Bertz CT molecular complexity index is 841. The van der Waals surface area contributed by atoms with Crippen molar-refractivity contribution in [2.24, 2.45) is 11.5 Å². The molecular formula is C23H30N2O5. The van der Waals surface area contributed by atoms with Gasteiger partial charge in [-0.1, -0.05) is 67.6 Å². The lowest BCUT2D eigenvalue weighted by molar-refractivity contribution is -0.149. The van der Waals surface area contributed by atoms with Gasteiger partial charge < -0.3 is 21.7 Å². The van der Waals surface area contributed by atoms with Crippen molar-refractivity contribution in [1.29, 1.82) is 0 Å². The Labute approximate surface area is 176 Å². The van der Waals surface area contributed by atoms with Crippen LogP contribution < -0.4 is 11.5 Å². The molecule has 2 atom stereocenters. The Hall–Kier alpha value is -3.03. The third-order valence-corrected chi connectivity index (χ3v) is 4.95. The summed E-state index contributed by atoms with van der Waals surface area (Å²) in [6, 6.07) is 18.6. The van der Waals surface area contributed by atoms with Gasteiger partial charge in [-0.05, 0) is 30.9 Å². The normalized spacial score (nSPS) is 14.4. The van der Waals surface area contributed by atoms with E-state index in [1.807, 2.05) is 37.3 Å². The van der Waals surface area contributed by atoms with Crippen molar-refractivity contribution in [3.8, 4) is 0 Å². The highest BCUT2D eigenvalue weighted by Gasteiger charge is 2.36. The van der Waals surface area contributed by atoms with E-state index < -0.39 is 29.4 Å². The summed E-state index contributed by atoms with van der Waals surface area (Å²) in [5.74, 6) is -2.47. The average Bonchev–Trinajstić information content (AvgIpc) is 2.69. The monoisotopic (exact) mass is 414 g/mol. The summed E-state index contributed by atoms with van der Waals surface area (Å²) in [7, 11) is 0. The molecule has 0 unspecified atom stereocenters. The maximum atomic E-state index is 11.4. The van der Waals surface area contributed by atoms with Gasteiger partial charge in [0.2, 0.25) is 0 Å². The van der Waals surface area contributed by atoms with E-state index in [1.54, 1.807) is 37.3 Å². The predicted octanol–water partition coefficient (Wildman–Crippen LogP) is 2.41. The summed E-state index contributed by atoms with van der Waals surface area (Å²) >= 11 is 0. The van der Waals surface area contributed by atoms with Crippen LogP contribution in [0.5, 0.6) is 0 Å². The van der Waals surface area contributed by atoms with E-state index in [-0.39, 0.29) is 12.2 Å². The molecule has 0 amide bonds. The fraction of sp³-hybridized carbons (Fsp3) is 0.348. The maximum absolute atomic E-state index is 11.4. The van der Waals surface area contributed by atoms with Gasteiger partial charge >= 0.3 is 11.9 Å². The summed E-state index contributed by atoms with van der Waals surface area (Å²) in [4.78, 5) is 32.9. The van der Waals surface area contributed by atoms with Crippen molar-refractivity contribution in [1.82, 2.24) is 0 Å². The molecule has 0 aromatic heterocycles. The minimum Gasteiger partial charge on any atom is -0.481 e. The molecule has 2 aromatic carbocycles. The van der Waals surface area contributed by atoms with E-state index >= 15 is 0 Å². The number of carboxylic acid groups (broad SMARTS) is 2. The van der Waals surface area contributed by atoms with Crippen LogP contribution in [0.4, 0.5) is 0 Å². The molecule has 2 rings (SSSR count). The van der Waals surface area contributed by atoms with Crippen LogP contribution >= 0.6 is 0 Å². The first-order valence-corrected chi connectivity index (χ1v) is 9.64.